The molecule has 4 heteroatoms. The summed E-state index contributed by atoms with van der Waals surface area (Å²) in [5.74, 6) is -0.760. The minimum atomic E-state index is -0.380. The maximum atomic E-state index is 13.2. The molecule has 2 aliphatic carbocycles. The lowest BCUT2D eigenvalue weighted by Gasteiger charge is -2.30. The quantitative estimate of drug-likeness (QED) is 0.387. The first-order valence-electron chi connectivity index (χ1n) is 12.1. The smallest absolute Gasteiger partial charge is 0.339 e. The van der Waals surface area contributed by atoms with Gasteiger partial charge in [0.05, 0.1) is 11.1 Å². The summed E-state index contributed by atoms with van der Waals surface area (Å²) in [6, 6.07) is 7.00. The second kappa shape index (κ2) is 10.5. The van der Waals surface area contributed by atoms with E-state index >= 15 is 0 Å². The Bertz CT molecular complexity index is 650. The van der Waals surface area contributed by atoms with Gasteiger partial charge in [-0.1, -0.05) is 38.8 Å². The lowest BCUT2D eigenvalue weighted by Crippen LogP contribution is -2.34. The van der Waals surface area contributed by atoms with Crippen molar-refractivity contribution in [2.45, 2.75) is 115 Å². The summed E-state index contributed by atoms with van der Waals surface area (Å²) >= 11 is 0. The first-order valence-corrected chi connectivity index (χ1v) is 12.1. The number of esters is 2. The fraction of sp³-hybridized carbons (Fsp3) is 0.692. The van der Waals surface area contributed by atoms with Gasteiger partial charge in [0.1, 0.15) is 11.2 Å². The number of hydrogen-bond donors (Lipinski definition) is 0. The zero-order valence-electron chi connectivity index (χ0n) is 18.8. The van der Waals surface area contributed by atoms with E-state index in [1.807, 2.05) is 0 Å². The summed E-state index contributed by atoms with van der Waals surface area (Å²) in [5.41, 5.74) is -0.0432. The standard InChI is InChI=1S/C26H38O4/c1-3-5-15-25(17-9-10-18-25)29-23(27)21-13-7-8-14-22(21)24(28)30-26(16-6-4-2)19-11-12-20-26/h7-8,13-14H,3-6,9-12,15-20H2,1-2H3. The van der Waals surface area contributed by atoms with Crippen LogP contribution in [0.5, 0.6) is 0 Å². The molecule has 0 bridgehead atoms. The van der Waals surface area contributed by atoms with Crippen molar-refractivity contribution < 1.29 is 19.1 Å². The fourth-order valence-corrected chi connectivity index (χ4v) is 5.19. The largest absolute Gasteiger partial charge is 0.455 e. The van der Waals surface area contributed by atoms with Gasteiger partial charge in [-0.25, -0.2) is 9.59 Å². The van der Waals surface area contributed by atoms with Gasteiger partial charge in [-0.3, -0.25) is 0 Å². The second-order valence-electron chi connectivity index (χ2n) is 9.31. The first-order chi connectivity index (χ1) is 14.5. The predicted octanol–water partition coefficient (Wildman–Crippen LogP) is 7.01. The van der Waals surface area contributed by atoms with Crippen LogP contribution in [0.15, 0.2) is 24.3 Å². The summed E-state index contributed by atoms with van der Waals surface area (Å²) in [4.78, 5) is 26.3. The Kier molecular flexibility index (Phi) is 7.96. The Morgan fingerprint density at radius 3 is 1.43 bits per heavy atom. The zero-order valence-corrected chi connectivity index (χ0v) is 18.8. The van der Waals surface area contributed by atoms with Crippen molar-refractivity contribution in [3.8, 4) is 0 Å². The summed E-state index contributed by atoms with van der Waals surface area (Å²) in [6.07, 6.45) is 14.2. The molecule has 0 spiro atoms. The molecule has 0 radical (unpaired) electrons. The van der Waals surface area contributed by atoms with Crippen molar-refractivity contribution >= 4 is 11.9 Å². The average Bonchev–Trinajstić information content (AvgIpc) is 3.41. The molecule has 0 amide bonds. The van der Waals surface area contributed by atoms with E-state index in [1.54, 1.807) is 24.3 Å². The number of unbranched alkanes of at least 4 members (excludes halogenated alkanes) is 2. The van der Waals surface area contributed by atoms with Crippen LogP contribution in [0.4, 0.5) is 0 Å². The minimum absolute atomic E-state index is 0.342. The van der Waals surface area contributed by atoms with Gasteiger partial charge < -0.3 is 9.47 Å². The van der Waals surface area contributed by atoms with Crippen LogP contribution in [-0.2, 0) is 9.47 Å². The molecule has 4 nitrogen and oxygen atoms in total. The van der Waals surface area contributed by atoms with Crippen LogP contribution in [0, 0.1) is 0 Å². The zero-order chi connectivity index (χ0) is 21.5. The lowest BCUT2D eigenvalue weighted by atomic mass is 9.94. The van der Waals surface area contributed by atoms with Crippen molar-refractivity contribution in [1.29, 1.82) is 0 Å². The highest BCUT2D eigenvalue weighted by atomic mass is 16.6. The molecule has 0 aliphatic heterocycles. The van der Waals surface area contributed by atoms with Gasteiger partial charge in [0.15, 0.2) is 0 Å². The van der Waals surface area contributed by atoms with E-state index in [2.05, 4.69) is 13.8 Å². The Morgan fingerprint density at radius 2 is 1.10 bits per heavy atom. The van der Waals surface area contributed by atoms with E-state index in [4.69, 9.17) is 9.47 Å². The monoisotopic (exact) mass is 414 g/mol. The molecule has 1 aromatic carbocycles. The molecule has 0 atom stereocenters. The molecule has 0 unspecified atom stereocenters. The molecule has 30 heavy (non-hydrogen) atoms. The topological polar surface area (TPSA) is 52.6 Å². The summed E-state index contributed by atoms with van der Waals surface area (Å²) in [6.45, 7) is 4.32. The highest BCUT2D eigenvalue weighted by Gasteiger charge is 2.40. The Hall–Kier alpha value is -1.84. The highest BCUT2D eigenvalue weighted by Crippen LogP contribution is 2.40. The van der Waals surface area contributed by atoms with Crippen LogP contribution in [0.25, 0.3) is 0 Å². The molecular weight excluding hydrogens is 376 g/mol. The third kappa shape index (κ3) is 5.44. The molecule has 0 saturated heterocycles. The van der Waals surface area contributed by atoms with Gasteiger partial charge in [-0.2, -0.15) is 0 Å². The molecule has 0 N–H and O–H groups in total. The van der Waals surface area contributed by atoms with E-state index in [0.717, 1.165) is 89.9 Å². The molecular formula is C26H38O4. The van der Waals surface area contributed by atoms with Crippen molar-refractivity contribution in [1.82, 2.24) is 0 Å². The van der Waals surface area contributed by atoms with Gasteiger partial charge in [0.2, 0.25) is 0 Å². The number of benzene rings is 1. The number of hydrogen-bond acceptors (Lipinski definition) is 4. The molecule has 166 valence electrons. The van der Waals surface area contributed by atoms with Crippen LogP contribution >= 0.6 is 0 Å². The second-order valence-corrected chi connectivity index (χ2v) is 9.31. The van der Waals surface area contributed by atoms with Crippen molar-refractivity contribution in [3.63, 3.8) is 0 Å². The molecule has 0 aromatic heterocycles. The van der Waals surface area contributed by atoms with Crippen LogP contribution in [0.1, 0.15) is 124 Å². The normalized spacial score (nSPS) is 19.5. The number of carbonyl (C=O) groups excluding carboxylic acids is 2. The summed E-state index contributed by atoms with van der Waals surface area (Å²) < 4.78 is 12.2. The summed E-state index contributed by atoms with van der Waals surface area (Å²) in [5, 5.41) is 0. The van der Waals surface area contributed by atoms with Crippen molar-refractivity contribution in [2.24, 2.45) is 0 Å². The van der Waals surface area contributed by atoms with Crippen molar-refractivity contribution in [3.05, 3.63) is 35.4 Å². The SMILES string of the molecule is CCCCC1(OC(=O)c2ccccc2C(=O)OC2(CCCC)CCCC2)CCCC1. The molecule has 2 aliphatic rings. The van der Waals surface area contributed by atoms with Gasteiger partial charge in [-0.15, -0.1) is 0 Å². The first kappa shape index (κ1) is 22.8. The van der Waals surface area contributed by atoms with Crippen molar-refractivity contribution in [2.75, 3.05) is 0 Å². The van der Waals surface area contributed by atoms with Crippen LogP contribution < -0.4 is 0 Å². The number of ether oxygens (including phenoxy) is 2. The number of rotatable bonds is 10. The van der Waals surface area contributed by atoms with Gasteiger partial charge >= 0.3 is 11.9 Å². The lowest BCUT2D eigenvalue weighted by molar-refractivity contribution is -0.0248. The van der Waals surface area contributed by atoms with Gasteiger partial charge in [-0.05, 0) is 89.2 Å². The number of carbonyl (C=O) groups is 2. The van der Waals surface area contributed by atoms with E-state index in [9.17, 15) is 9.59 Å². The Morgan fingerprint density at radius 1 is 0.733 bits per heavy atom. The van der Waals surface area contributed by atoms with Crippen LogP contribution in [-0.4, -0.2) is 23.1 Å². The van der Waals surface area contributed by atoms with Gasteiger partial charge in [0.25, 0.3) is 0 Å². The van der Waals surface area contributed by atoms with Crippen LogP contribution in [0.2, 0.25) is 0 Å². The third-order valence-electron chi connectivity index (χ3n) is 6.99. The average molecular weight is 415 g/mol. The Labute approximate surface area is 181 Å². The maximum absolute atomic E-state index is 13.2. The minimum Gasteiger partial charge on any atom is -0.455 e. The molecule has 2 saturated carbocycles. The predicted molar refractivity (Wildman–Crippen MR) is 119 cm³/mol. The van der Waals surface area contributed by atoms with Gasteiger partial charge in [0, 0.05) is 0 Å². The van der Waals surface area contributed by atoms with E-state index in [-0.39, 0.29) is 23.1 Å². The van der Waals surface area contributed by atoms with E-state index in [0.29, 0.717) is 11.1 Å². The Balaban J connectivity index is 1.76. The summed E-state index contributed by atoms with van der Waals surface area (Å²) in [7, 11) is 0. The molecule has 2 fully saturated rings. The van der Waals surface area contributed by atoms with E-state index in [1.165, 1.54) is 0 Å². The third-order valence-corrected chi connectivity index (χ3v) is 6.99. The highest BCUT2D eigenvalue weighted by molar-refractivity contribution is 6.03. The molecule has 0 heterocycles. The maximum Gasteiger partial charge on any atom is 0.339 e. The van der Waals surface area contributed by atoms with E-state index < -0.39 is 0 Å². The fourth-order valence-electron chi connectivity index (χ4n) is 5.19. The molecule has 3 rings (SSSR count). The molecule has 1 aromatic rings. The van der Waals surface area contributed by atoms with Crippen LogP contribution in [0.3, 0.4) is 0 Å².